The largest absolute Gasteiger partial charge is 0.365 e. The maximum Gasteiger partial charge on any atom is 0.246 e. The molecule has 1 aliphatic rings. The second-order valence-electron chi connectivity index (χ2n) is 5.88. The van der Waals surface area contributed by atoms with Crippen molar-refractivity contribution < 1.29 is 9.53 Å². The van der Waals surface area contributed by atoms with Crippen molar-refractivity contribution >= 4 is 5.91 Å². The second-order valence-corrected chi connectivity index (χ2v) is 5.88. The first-order chi connectivity index (χ1) is 11.3. The van der Waals surface area contributed by atoms with Gasteiger partial charge in [0.05, 0.1) is 6.10 Å². The zero-order valence-electron chi connectivity index (χ0n) is 13.2. The summed E-state index contributed by atoms with van der Waals surface area (Å²) in [4.78, 5) is 13.6. The molecular weight excluding hydrogens is 288 g/mol. The minimum atomic E-state index is -0.0288. The molecule has 0 aliphatic carbocycles. The summed E-state index contributed by atoms with van der Waals surface area (Å²) in [6.07, 6.45) is 0.0418. The molecule has 120 valence electrons. The maximum atomic E-state index is 11.2. The Balaban J connectivity index is 1.66. The van der Waals surface area contributed by atoms with Crippen molar-refractivity contribution in [3.63, 3.8) is 0 Å². The van der Waals surface area contributed by atoms with Crippen LogP contribution in [-0.4, -0.2) is 36.6 Å². The molecule has 1 amide bonds. The highest BCUT2D eigenvalue weighted by Crippen LogP contribution is 2.12. The highest BCUT2D eigenvalue weighted by atomic mass is 16.5. The average Bonchev–Trinajstić information content (AvgIpc) is 2.59. The Kier molecular flexibility index (Phi) is 5.40. The quantitative estimate of drug-likeness (QED) is 0.889. The number of nitrogens with zero attached hydrogens (tertiary/aromatic N) is 1. The van der Waals surface area contributed by atoms with Crippen LogP contribution < -0.4 is 5.32 Å². The zero-order valence-corrected chi connectivity index (χ0v) is 13.2. The summed E-state index contributed by atoms with van der Waals surface area (Å²) in [6, 6.07) is 20.9. The van der Waals surface area contributed by atoms with Gasteiger partial charge in [-0.2, -0.15) is 0 Å². The Morgan fingerprint density at radius 2 is 1.52 bits per heavy atom. The van der Waals surface area contributed by atoms with Gasteiger partial charge in [0.15, 0.2) is 0 Å². The summed E-state index contributed by atoms with van der Waals surface area (Å²) in [5.41, 5.74) is 2.56. The Morgan fingerprint density at radius 1 is 0.957 bits per heavy atom. The van der Waals surface area contributed by atoms with E-state index in [-0.39, 0.29) is 18.6 Å². The van der Waals surface area contributed by atoms with Gasteiger partial charge >= 0.3 is 0 Å². The van der Waals surface area contributed by atoms with E-state index in [1.54, 1.807) is 0 Å². The number of nitrogens with one attached hydrogen (secondary N) is 1. The van der Waals surface area contributed by atoms with Crippen LogP contribution in [0.15, 0.2) is 60.7 Å². The van der Waals surface area contributed by atoms with Crippen molar-refractivity contribution in [2.24, 2.45) is 0 Å². The standard InChI is InChI=1S/C19H22N2O2/c22-19-15-23-18(11-20-19)14-21(12-16-7-3-1-4-8-16)13-17-9-5-2-6-10-17/h1-10,18H,11-15H2,(H,20,22)/t18-/m1/s1. The fourth-order valence-corrected chi connectivity index (χ4v) is 2.80. The number of carbonyl (C=O) groups is 1. The van der Waals surface area contributed by atoms with E-state index in [0.717, 1.165) is 19.6 Å². The molecule has 0 spiro atoms. The number of morpholine rings is 1. The summed E-state index contributed by atoms with van der Waals surface area (Å²) in [5, 5.41) is 2.87. The molecule has 4 heteroatoms. The third kappa shape index (κ3) is 4.91. The van der Waals surface area contributed by atoms with Crippen LogP contribution in [0.25, 0.3) is 0 Å². The number of carbonyl (C=O) groups excluding carboxylic acids is 1. The Labute approximate surface area is 137 Å². The lowest BCUT2D eigenvalue weighted by atomic mass is 10.1. The van der Waals surface area contributed by atoms with E-state index in [2.05, 4.69) is 58.7 Å². The van der Waals surface area contributed by atoms with Crippen molar-refractivity contribution in [2.75, 3.05) is 19.7 Å². The zero-order chi connectivity index (χ0) is 15.9. The lowest BCUT2D eigenvalue weighted by Gasteiger charge is -2.30. The van der Waals surface area contributed by atoms with Gasteiger partial charge in [0.2, 0.25) is 5.91 Å². The van der Waals surface area contributed by atoms with E-state index < -0.39 is 0 Å². The number of ether oxygens (including phenoxy) is 1. The molecule has 0 aromatic heterocycles. The second kappa shape index (κ2) is 7.90. The molecule has 0 radical (unpaired) electrons. The Hall–Kier alpha value is -2.17. The molecule has 1 saturated heterocycles. The number of hydrogen-bond donors (Lipinski definition) is 1. The molecule has 1 atom stereocenters. The van der Waals surface area contributed by atoms with Gasteiger partial charge in [-0.3, -0.25) is 9.69 Å². The Bertz CT molecular complexity index is 564. The molecule has 3 rings (SSSR count). The van der Waals surface area contributed by atoms with Crippen molar-refractivity contribution in [1.82, 2.24) is 10.2 Å². The van der Waals surface area contributed by atoms with Gasteiger partial charge in [-0.15, -0.1) is 0 Å². The number of hydrogen-bond acceptors (Lipinski definition) is 3. The molecule has 2 aromatic carbocycles. The average molecular weight is 310 g/mol. The van der Waals surface area contributed by atoms with Gasteiger partial charge in [-0.05, 0) is 11.1 Å². The molecule has 23 heavy (non-hydrogen) atoms. The summed E-state index contributed by atoms with van der Waals surface area (Å²) >= 11 is 0. The van der Waals surface area contributed by atoms with Crippen molar-refractivity contribution in [3.05, 3.63) is 71.8 Å². The van der Waals surface area contributed by atoms with E-state index in [1.165, 1.54) is 11.1 Å². The Morgan fingerprint density at radius 3 is 2.00 bits per heavy atom. The fourth-order valence-electron chi connectivity index (χ4n) is 2.80. The monoisotopic (exact) mass is 310 g/mol. The van der Waals surface area contributed by atoms with Crippen LogP contribution >= 0.6 is 0 Å². The van der Waals surface area contributed by atoms with Crippen LogP contribution in [-0.2, 0) is 22.6 Å². The minimum absolute atomic E-state index is 0.0288. The van der Waals surface area contributed by atoms with Crippen molar-refractivity contribution in [1.29, 1.82) is 0 Å². The molecule has 1 N–H and O–H groups in total. The first-order valence-electron chi connectivity index (χ1n) is 7.98. The lowest BCUT2D eigenvalue weighted by molar-refractivity contribution is -0.134. The third-order valence-electron chi connectivity index (χ3n) is 3.94. The topological polar surface area (TPSA) is 41.6 Å². The summed E-state index contributed by atoms with van der Waals surface area (Å²) in [7, 11) is 0. The van der Waals surface area contributed by atoms with E-state index >= 15 is 0 Å². The highest BCUT2D eigenvalue weighted by Gasteiger charge is 2.21. The van der Waals surface area contributed by atoms with E-state index in [4.69, 9.17) is 4.74 Å². The molecule has 0 bridgehead atoms. The van der Waals surface area contributed by atoms with Crippen molar-refractivity contribution in [2.45, 2.75) is 19.2 Å². The summed E-state index contributed by atoms with van der Waals surface area (Å²) in [6.45, 7) is 3.27. The smallest absolute Gasteiger partial charge is 0.246 e. The van der Waals surface area contributed by atoms with Gasteiger partial charge < -0.3 is 10.1 Å². The first-order valence-corrected chi connectivity index (χ1v) is 7.98. The normalized spacial score (nSPS) is 18.0. The SMILES string of the molecule is O=C1CO[C@@H](CN(Cc2ccccc2)Cc2ccccc2)CN1. The highest BCUT2D eigenvalue weighted by molar-refractivity contribution is 5.77. The van der Waals surface area contributed by atoms with Gasteiger partial charge in [0.25, 0.3) is 0 Å². The predicted octanol–water partition coefficient (Wildman–Crippen LogP) is 2.20. The predicted molar refractivity (Wildman–Crippen MR) is 89.7 cm³/mol. The maximum absolute atomic E-state index is 11.2. The van der Waals surface area contributed by atoms with Gasteiger partial charge in [0, 0.05) is 26.2 Å². The van der Waals surface area contributed by atoms with E-state index in [0.29, 0.717) is 6.54 Å². The van der Waals surface area contributed by atoms with Crippen LogP contribution in [0, 0.1) is 0 Å². The van der Waals surface area contributed by atoms with Crippen LogP contribution in [0.1, 0.15) is 11.1 Å². The number of benzene rings is 2. The molecule has 0 unspecified atom stereocenters. The first kappa shape index (κ1) is 15.7. The molecule has 1 fully saturated rings. The van der Waals surface area contributed by atoms with Crippen LogP contribution in [0.2, 0.25) is 0 Å². The van der Waals surface area contributed by atoms with E-state index in [1.807, 2.05) is 12.1 Å². The number of rotatable bonds is 6. The molecule has 1 aliphatic heterocycles. The molecular formula is C19H22N2O2. The van der Waals surface area contributed by atoms with Crippen LogP contribution in [0.3, 0.4) is 0 Å². The lowest BCUT2D eigenvalue weighted by Crippen LogP contribution is -2.47. The van der Waals surface area contributed by atoms with Gasteiger partial charge in [-0.1, -0.05) is 60.7 Å². The summed E-state index contributed by atoms with van der Waals surface area (Å²) < 4.78 is 5.64. The molecule has 1 heterocycles. The fraction of sp³-hybridized carbons (Fsp3) is 0.316. The molecule has 2 aromatic rings. The van der Waals surface area contributed by atoms with Gasteiger partial charge in [-0.25, -0.2) is 0 Å². The van der Waals surface area contributed by atoms with Crippen molar-refractivity contribution in [3.8, 4) is 0 Å². The number of amides is 1. The minimum Gasteiger partial charge on any atom is -0.365 e. The third-order valence-corrected chi connectivity index (χ3v) is 3.94. The van der Waals surface area contributed by atoms with Crippen LogP contribution in [0.4, 0.5) is 0 Å². The van der Waals surface area contributed by atoms with E-state index in [9.17, 15) is 4.79 Å². The molecule has 0 saturated carbocycles. The molecule has 4 nitrogen and oxygen atoms in total. The summed E-state index contributed by atoms with van der Waals surface area (Å²) in [5.74, 6) is -0.0288. The van der Waals surface area contributed by atoms with Crippen LogP contribution in [0.5, 0.6) is 0 Å². The van der Waals surface area contributed by atoms with Gasteiger partial charge in [0.1, 0.15) is 6.61 Å².